The van der Waals surface area contributed by atoms with Crippen LogP contribution in [0.15, 0.2) is 34.9 Å². The van der Waals surface area contributed by atoms with Crippen LogP contribution in [-0.4, -0.2) is 16.3 Å². The molecule has 1 aromatic carbocycles. The van der Waals surface area contributed by atoms with Gasteiger partial charge >= 0.3 is 0 Å². The van der Waals surface area contributed by atoms with Gasteiger partial charge in [0.2, 0.25) is 0 Å². The molecular weight excluding hydrogens is 338 g/mol. The lowest BCUT2D eigenvalue weighted by Crippen LogP contribution is -2.26. The number of hydrogen-bond donors (Lipinski definition) is 1. The van der Waals surface area contributed by atoms with Crippen LogP contribution in [-0.2, 0) is 6.54 Å². The van der Waals surface area contributed by atoms with Crippen LogP contribution < -0.4 is 5.32 Å². The first-order valence-corrected chi connectivity index (χ1v) is 8.05. The standard InChI is InChI=1S/C15H19BrClN3/c1-3-9-18-14(11-7-5-6-8-13(11)17)15-12(16)10-19-20(15)4-2/h5-8,10,14,18H,3-4,9H2,1-2H3. The number of rotatable bonds is 6. The van der Waals surface area contributed by atoms with Crippen LogP contribution in [0.1, 0.15) is 37.6 Å². The summed E-state index contributed by atoms with van der Waals surface area (Å²) in [4.78, 5) is 0. The van der Waals surface area contributed by atoms with Crippen molar-refractivity contribution in [3.63, 3.8) is 0 Å². The molecule has 20 heavy (non-hydrogen) atoms. The second-order valence-corrected chi connectivity index (χ2v) is 5.86. The fraction of sp³-hybridized carbons (Fsp3) is 0.400. The van der Waals surface area contributed by atoms with Crippen molar-refractivity contribution < 1.29 is 0 Å². The first-order chi connectivity index (χ1) is 9.69. The molecule has 1 atom stereocenters. The summed E-state index contributed by atoms with van der Waals surface area (Å²) in [5, 5.41) is 8.75. The Morgan fingerprint density at radius 3 is 2.75 bits per heavy atom. The molecule has 1 unspecified atom stereocenters. The molecule has 1 aromatic heterocycles. The zero-order chi connectivity index (χ0) is 14.5. The van der Waals surface area contributed by atoms with Crippen LogP contribution in [0.2, 0.25) is 5.02 Å². The topological polar surface area (TPSA) is 29.9 Å². The third-order valence-electron chi connectivity index (χ3n) is 3.22. The van der Waals surface area contributed by atoms with Crippen molar-refractivity contribution in [1.82, 2.24) is 15.1 Å². The van der Waals surface area contributed by atoms with E-state index in [2.05, 4.69) is 46.3 Å². The van der Waals surface area contributed by atoms with Gasteiger partial charge in [-0.2, -0.15) is 5.10 Å². The number of hydrogen-bond acceptors (Lipinski definition) is 2. The Kier molecular flexibility index (Phi) is 5.64. The van der Waals surface area contributed by atoms with E-state index in [9.17, 15) is 0 Å². The van der Waals surface area contributed by atoms with Gasteiger partial charge in [0.05, 0.1) is 22.4 Å². The molecule has 5 heteroatoms. The highest BCUT2D eigenvalue weighted by molar-refractivity contribution is 9.10. The van der Waals surface area contributed by atoms with Crippen LogP contribution in [0.5, 0.6) is 0 Å². The summed E-state index contributed by atoms with van der Waals surface area (Å²) in [6.45, 7) is 6.00. The van der Waals surface area contributed by atoms with Gasteiger partial charge in [-0.15, -0.1) is 0 Å². The van der Waals surface area contributed by atoms with Gasteiger partial charge < -0.3 is 5.32 Å². The highest BCUT2D eigenvalue weighted by Crippen LogP contribution is 2.32. The summed E-state index contributed by atoms with van der Waals surface area (Å²) in [6, 6.07) is 8.00. The Balaban J connectivity index is 2.47. The van der Waals surface area contributed by atoms with Crippen LogP contribution in [0.25, 0.3) is 0 Å². The van der Waals surface area contributed by atoms with E-state index in [1.807, 2.05) is 29.1 Å². The quantitative estimate of drug-likeness (QED) is 0.831. The molecular formula is C15H19BrClN3. The monoisotopic (exact) mass is 355 g/mol. The summed E-state index contributed by atoms with van der Waals surface area (Å²) in [7, 11) is 0. The Morgan fingerprint density at radius 2 is 2.10 bits per heavy atom. The first-order valence-electron chi connectivity index (χ1n) is 6.88. The van der Waals surface area contributed by atoms with Crippen LogP contribution in [0, 0.1) is 0 Å². The van der Waals surface area contributed by atoms with E-state index in [1.165, 1.54) is 0 Å². The lowest BCUT2D eigenvalue weighted by atomic mass is 10.0. The highest BCUT2D eigenvalue weighted by Gasteiger charge is 2.22. The number of aryl methyl sites for hydroxylation is 1. The molecule has 0 saturated carbocycles. The summed E-state index contributed by atoms with van der Waals surface area (Å²) in [5.74, 6) is 0. The Bertz CT molecular complexity index is 568. The van der Waals surface area contributed by atoms with Gasteiger partial charge in [-0.25, -0.2) is 0 Å². The lowest BCUT2D eigenvalue weighted by Gasteiger charge is -2.22. The zero-order valence-corrected chi connectivity index (χ0v) is 14.1. The van der Waals surface area contributed by atoms with Gasteiger partial charge in [-0.1, -0.05) is 36.7 Å². The predicted molar refractivity (Wildman–Crippen MR) is 87.2 cm³/mol. The molecule has 0 radical (unpaired) electrons. The molecule has 108 valence electrons. The van der Waals surface area contributed by atoms with Crippen molar-refractivity contribution in [3.05, 3.63) is 51.2 Å². The summed E-state index contributed by atoms with van der Waals surface area (Å²) < 4.78 is 3.01. The molecule has 1 heterocycles. The maximum atomic E-state index is 6.38. The Labute approximate surface area is 133 Å². The van der Waals surface area contributed by atoms with E-state index in [0.29, 0.717) is 0 Å². The molecule has 1 N–H and O–H groups in total. The third-order valence-corrected chi connectivity index (χ3v) is 4.18. The zero-order valence-electron chi connectivity index (χ0n) is 11.7. The first kappa shape index (κ1) is 15.5. The Morgan fingerprint density at radius 1 is 1.35 bits per heavy atom. The van der Waals surface area contributed by atoms with Crippen molar-refractivity contribution in [2.24, 2.45) is 0 Å². The molecule has 0 fully saturated rings. The number of nitrogens with one attached hydrogen (secondary N) is 1. The maximum absolute atomic E-state index is 6.38. The van der Waals surface area contributed by atoms with E-state index < -0.39 is 0 Å². The van der Waals surface area contributed by atoms with Gasteiger partial charge in [0.1, 0.15) is 0 Å². The SMILES string of the molecule is CCCNC(c1ccccc1Cl)c1c(Br)cnn1CC. The minimum atomic E-state index is 0.0421. The summed E-state index contributed by atoms with van der Waals surface area (Å²) >= 11 is 9.98. The molecule has 0 aliphatic rings. The molecule has 0 amide bonds. The lowest BCUT2D eigenvalue weighted by molar-refractivity contribution is 0.528. The molecule has 0 bridgehead atoms. The number of benzene rings is 1. The van der Waals surface area contributed by atoms with E-state index >= 15 is 0 Å². The molecule has 0 aliphatic carbocycles. The molecule has 3 nitrogen and oxygen atoms in total. The number of halogens is 2. The van der Waals surface area contributed by atoms with Gasteiger partial charge in [0.15, 0.2) is 0 Å². The van der Waals surface area contributed by atoms with E-state index in [4.69, 9.17) is 11.6 Å². The summed E-state index contributed by atoms with van der Waals surface area (Å²) in [5.41, 5.74) is 2.20. The van der Waals surface area contributed by atoms with Crippen LogP contribution >= 0.6 is 27.5 Å². The minimum Gasteiger partial charge on any atom is -0.305 e. The Hall–Kier alpha value is -0.840. The predicted octanol–water partition coefficient (Wildman–Crippen LogP) is 4.41. The largest absolute Gasteiger partial charge is 0.305 e. The summed E-state index contributed by atoms with van der Waals surface area (Å²) in [6.07, 6.45) is 2.91. The number of aromatic nitrogens is 2. The van der Waals surface area contributed by atoms with Crippen LogP contribution in [0.4, 0.5) is 0 Å². The normalized spacial score (nSPS) is 12.6. The second kappa shape index (κ2) is 7.25. The van der Waals surface area contributed by atoms with Gasteiger partial charge in [-0.05, 0) is 47.4 Å². The molecule has 0 saturated heterocycles. The van der Waals surface area contributed by atoms with Crippen molar-refractivity contribution >= 4 is 27.5 Å². The fourth-order valence-corrected chi connectivity index (χ4v) is 3.03. The van der Waals surface area contributed by atoms with E-state index in [0.717, 1.165) is 40.3 Å². The van der Waals surface area contributed by atoms with E-state index in [1.54, 1.807) is 0 Å². The van der Waals surface area contributed by atoms with Gasteiger partial charge in [0, 0.05) is 11.6 Å². The van der Waals surface area contributed by atoms with Crippen LogP contribution in [0.3, 0.4) is 0 Å². The molecule has 0 spiro atoms. The van der Waals surface area contributed by atoms with Gasteiger partial charge in [0.25, 0.3) is 0 Å². The average Bonchev–Trinajstić information content (AvgIpc) is 2.82. The highest BCUT2D eigenvalue weighted by atomic mass is 79.9. The minimum absolute atomic E-state index is 0.0421. The average molecular weight is 357 g/mol. The van der Waals surface area contributed by atoms with Crippen molar-refractivity contribution in [2.45, 2.75) is 32.9 Å². The molecule has 2 aromatic rings. The second-order valence-electron chi connectivity index (χ2n) is 4.60. The fourth-order valence-electron chi connectivity index (χ4n) is 2.26. The van der Waals surface area contributed by atoms with Crippen molar-refractivity contribution in [3.8, 4) is 0 Å². The third kappa shape index (κ3) is 3.25. The van der Waals surface area contributed by atoms with Crippen molar-refractivity contribution in [1.29, 1.82) is 0 Å². The smallest absolute Gasteiger partial charge is 0.0774 e. The molecule has 2 rings (SSSR count). The number of nitrogens with zero attached hydrogens (tertiary/aromatic N) is 2. The van der Waals surface area contributed by atoms with E-state index in [-0.39, 0.29) is 6.04 Å². The van der Waals surface area contributed by atoms with Crippen molar-refractivity contribution in [2.75, 3.05) is 6.54 Å². The van der Waals surface area contributed by atoms with Gasteiger partial charge in [-0.3, -0.25) is 4.68 Å². The molecule has 0 aliphatic heterocycles. The maximum Gasteiger partial charge on any atom is 0.0774 e.